The second-order valence-corrected chi connectivity index (χ2v) is 7.24. The number of hydrogen-bond donors (Lipinski definition) is 1. The van der Waals surface area contributed by atoms with E-state index in [0.717, 1.165) is 18.4 Å². The highest BCUT2D eigenvalue weighted by Gasteiger charge is 2.45. The summed E-state index contributed by atoms with van der Waals surface area (Å²) in [6, 6.07) is 13.3. The van der Waals surface area contributed by atoms with Gasteiger partial charge in [0.25, 0.3) is 11.7 Å². The van der Waals surface area contributed by atoms with Crippen molar-refractivity contribution >= 4 is 17.4 Å². The SMILES string of the molecule is C=CCOc1ccc(/C(O)=C2/C(=O)C(=O)N(CCCC)C2c2ccc(OC)cc2)cc1. The molecule has 0 aliphatic carbocycles. The number of likely N-dealkylation sites (tertiary alicyclic amines) is 1. The Bertz CT molecular complexity index is 976. The molecule has 2 aromatic rings. The smallest absolute Gasteiger partial charge is 0.295 e. The fraction of sp³-hybridized carbons (Fsp3) is 0.280. The van der Waals surface area contributed by atoms with Crippen molar-refractivity contribution in [1.82, 2.24) is 4.90 Å². The van der Waals surface area contributed by atoms with Crippen molar-refractivity contribution in [1.29, 1.82) is 0 Å². The van der Waals surface area contributed by atoms with Crippen molar-refractivity contribution in [3.63, 3.8) is 0 Å². The van der Waals surface area contributed by atoms with Gasteiger partial charge in [0.05, 0.1) is 18.7 Å². The molecule has 1 aliphatic heterocycles. The third-order valence-electron chi connectivity index (χ3n) is 5.22. The van der Waals surface area contributed by atoms with Crippen LogP contribution >= 0.6 is 0 Å². The quantitative estimate of drug-likeness (QED) is 0.280. The standard InChI is InChI=1S/C25H27NO5/c1-4-6-15-26-22(17-7-11-19(30-3)12-8-17)21(24(28)25(26)29)23(27)18-9-13-20(14-10-18)31-16-5-2/h5,7-14,22,27H,2,4,6,15-16H2,1,3H3/b23-21-. The molecular formula is C25H27NO5. The number of benzene rings is 2. The van der Waals surface area contributed by atoms with Gasteiger partial charge < -0.3 is 19.5 Å². The third-order valence-corrected chi connectivity index (χ3v) is 5.22. The average molecular weight is 421 g/mol. The maximum Gasteiger partial charge on any atom is 0.295 e. The summed E-state index contributed by atoms with van der Waals surface area (Å²) in [6.45, 7) is 6.43. The number of ether oxygens (including phenoxy) is 2. The summed E-state index contributed by atoms with van der Waals surface area (Å²) < 4.78 is 10.7. The first kappa shape index (κ1) is 22.2. The molecule has 0 bridgehead atoms. The normalized spacial score (nSPS) is 17.6. The Morgan fingerprint density at radius 3 is 2.32 bits per heavy atom. The van der Waals surface area contributed by atoms with Gasteiger partial charge in [0.15, 0.2) is 0 Å². The Hall–Kier alpha value is -3.54. The molecule has 6 heteroatoms. The minimum Gasteiger partial charge on any atom is -0.507 e. The number of Topliss-reactive ketones (excluding diaryl/α,β-unsaturated/α-hetero) is 1. The average Bonchev–Trinajstić information content (AvgIpc) is 3.06. The molecule has 3 rings (SSSR count). The summed E-state index contributed by atoms with van der Waals surface area (Å²) in [7, 11) is 1.57. The van der Waals surface area contributed by atoms with Crippen LogP contribution in [0.1, 0.15) is 36.9 Å². The zero-order valence-electron chi connectivity index (χ0n) is 17.8. The van der Waals surface area contributed by atoms with E-state index in [1.807, 2.05) is 19.1 Å². The topological polar surface area (TPSA) is 76.1 Å². The van der Waals surface area contributed by atoms with Crippen LogP contribution in [0.15, 0.2) is 66.8 Å². The molecule has 0 spiro atoms. The lowest BCUT2D eigenvalue weighted by molar-refractivity contribution is -0.139. The van der Waals surface area contributed by atoms with Gasteiger partial charge in [-0.15, -0.1) is 0 Å². The molecule has 0 radical (unpaired) electrons. The zero-order chi connectivity index (χ0) is 22.4. The van der Waals surface area contributed by atoms with Crippen molar-refractivity contribution in [3.05, 3.63) is 77.9 Å². The number of rotatable bonds is 9. The number of hydrogen-bond acceptors (Lipinski definition) is 5. The molecule has 162 valence electrons. The summed E-state index contributed by atoms with van der Waals surface area (Å²) in [5.74, 6) is -0.187. The summed E-state index contributed by atoms with van der Waals surface area (Å²) in [5, 5.41) is 11.0. The van der Waals surface area contributed by atoms with Crippen LogP contribution in [-0.2, 0) is 9.59 Å². The number of aliphatic hydroxyl groups is 1. The van der Waals surface area contributed by atoms with Gasteiger partial charge in [-0.3, -0.25) is 9.59 Å². The third kappa shape index (κ3) is 4.63. The minimum atomic E-state index is -0.679. The minimum absolute atomic E-state index is 0.0889. The van der Waals surface area contributed by atoms with Crippen LogP contribution in [0.3, 0.4) is 0 Å². The molecule has 2 aromatic carbocycles. The Morgan fingerprint density at radius 2 is 1.74 bits per heavy atom. The second-order valence-electron chi connectivity index (χ2n) is 7.24. The molecule has 1 fully saturated rings. The monoisotopic (exact) mass is 421 g/mol. The summed E-state index contributed by atoms with van der Waals surface area (Å²) in [6.07, 6.45) is 3.28. The molecule has 1 amide bonds. The largest absolute Gasteiger partial charge is 0.507 e. The fourth-order valence-electron chi connectivity index (χ4n) is 3.59. The van der Waals surface area contributed by atoms with Gasteiger partial charge in [-0.2, -0.15) is 0 Å². The lowest BCUT2D eigenvalue weighted by atomic mass is 9.95. The number of methoxy groups -OCH3 is 1. The van der Waals surface area contributed by atoms with Crippen LogP contribution in [-0.4, -0.2) is 42.0 Å². The Kier molecular flexibility index (Phi) is 7.13. The van der Waals surface area contributed by atoms with E-state index in [0.29, 0.717) is 30.2 Å². The van der Waals surface area contributed by atoms with E-state index in [4.69, 9.17) is 9.47 Å². The van der Waals surface area contributed by atoms with Gasteiger partial charge in [-0.1, -0.05) is 38.1 Å². The van der Waals surface area contributed by atoms with Crippen LogP contribution in [0.5, 0.6) is 11.5 Å². The number of carbonyl (C=O) groups is 2. The van der Waals surface area contributed by atoms with E-state index >= 15 is 0 Å². The van der Waals surface area contributed by atoms with Crippen molar-refractivity contribution in [3.8, 4) is 11.5 Å². The van der Waals surface area contributed by atoms with Gasteiger partial charge >= 0.3 is 0 Å². The van der Waals surface area contributed by atoms with E-state index in [2.05, 4.69) is 6.58 Å². The predicted octanol–water partition coefficient (Wildman–Crippen LogP) is 4.48. The highest BCUT2D eigenvalue weighted by Crippen LogP contribution is 2.40. The Morgan fingerprint density at radius 1 is 1.10 bits per heavy atom. The fourth-order valence-corrected chi connectivity index (χ4v) is 3.59. The van der Waals surface area contributed by atoms with E-state index in [1.165, 1.54) is 0 Å². The molecule has 6 nitrogen and oxygen atoms in total. The first-order valence-corrected chi connectivity index (χ1v) is 10.3. The molecule has 1 saturated heterocycles. The highest BCUT2D eigenvalue weighted by atomic mass is 16.5. The molecular weight excluding hydrogens is 394 g/mol. The maximum atomic E-state index is 12.9. The lowest BCUT2D eigenvalue weighted by Crippen LogP contribution is -2.30. The maximum absolute atomic E-state index is 12.9. The second kappa shape index (κ2) is 9.98. The first-order valence-electron chi connectivity index (χ1n) is 10.3. The van der Waals surface area contributed by atoms with Gasteiger partial charge in [0.2, 0.25) is 0 Å². The molecule has 1 aliphatic rings. The summed E-state index contributed by atoms with van der Waals surface area (Å²) >= 11 is 0. The van der Waals surface area contributed by atoms with Crippen LogP contribution in [0.25, 0.3) is 5.76 Å². The van der Waals surface area contributed by atoms with Crippen molar-refractivity contribution < 1.29 is 24.2 Å². The van der Waals surface area contributed by atoms with Crippen LogP contribution in [0.2, 0.25) is 0 Å². The molecule has 1 heterocycles. The van der Waals surface area contributed by atoms with E-state index in [-0.39, 0.29) is 11.3 Å². The number of aliphatic hydroxyl groups excluding tert-OH is 1. The summed E-state index contributed by atoms with van der Waals surface area (Å²) in [5.41, 5.74) is 1.27. The van der Waals surface area contributed by atoms with E-state index in [9.17, 15) is 14.7 Å². The van der Waals surface area contributed by atoms with Gasteiger partial charge in [-0.05, 0) is 48.4 Å². The molecule has 31 heavy (non-hydrogen) atoms. The van der Waals surface area contributed by atoms with E-state index < -0.39 is 17.7 Å². The van der Waals surface area contributed by atoms with Crippen LogP contribution < -0.4 is 9.47 Å². The van der Waals surface area contributed by atoms with Crippen LogP contribution in [0.4, 0.5) is 0 Å². The highest BCUT2D eigenvalue weighted by molar-refractivity contribution is 6.46. The Balaban J connectivity index is 2.05. The first-order chi connectivity index (χ1) is 15.0. The summed E-state index contributed by atoms with van der Waals surface area (Å²) in [4.78, 5) is 27.3. The molecule has 0 aromatic heterocycles. The van der Waals surface area contributed by atoms with Gasteiger partial charge in [0, 0.05) is 12.1 Å². The molecule has 1 atom stereocenters. The number of carbonyl (C=O) groups excluding carboxylic acids is 2. The molecule has 1 unspecified atom stereocenters. The number of unbranched alkanes of at least 4 members (excludes halogenated alkanes) is 1. The molecule has 0 saturated carbocycles. The number of amides is 1. The van der Waals surface area contributed by atoms with Crippen molar-refractivity contribution in [2.45, 2.75) is 25.8 Å². The van der Waals surface area contributed by atoms with Gasteiger partial charge in [0.1, 0.15) is 23.9 Å². The van der Waals surface area contributed by atoms with Gasteiger partial charge in [-0.25, -0.2) is 0 Å². The molecule has 1 N–H and O–H groups in total. The van der Waals surface area contributed by atoms with Crippen molar-refractivity contribution in [2.24, 2.45) is 0 Å². The zero-order valence-corrected chi connectivity index (χ0v) is 17.8. The predicted molar refractivity (Wildman–Crippen MR) is 119 cm³/mol. The van der Waals surface area contributed by atoms with E-state index in [1.54, 1.807) is 54.5 Å². The van der Waals surface area contributed by atoms with Crippen molar-refractivity contribution in [2.75, 3.05) is 20.3 Å². The number of nitrogens with zero attached hydrogens (tertiary/aromatic N) is 1. The Labute approximate surface area is 182 Å². The lowest BCUT2D eigenvalue weighted by Gasteiger charge is -2.25. The van der Waals surface area contributed by atoms with Crippen LogP contribution in [0, 0.1) is 0 Å². The number of ketones is 1.